The van der Waals surface area contributed by atoms with Crippen LogP contribution in [0.25, 0.3) is 0 Å². The minimum absolute atomic E-state index is 0.109. The van der Waals surface area contributed by atoms with Crippen LogP contribution < -0.4 is 5.46 Å². The maximum atomic E-state index is 12.8. The Morgan fingerprint density at radius 1 is 1.12 bits per heavy atom. The zero-order chi connectivity index (χ0) is 18.5. The van der Waals surface area contributed by atoms with Gasteiger partial charge in [0.1, 0.15) is 13.7 Å². The molecule has 4 nitrogen and oxygen atoms in total. The summed E-state index contributed by atoms with van der Waals surface area (Å²) in [6.07, 6.45) is 4.29. The summed E-state index contributed by atoms with van der Waals surface area (Å²) in [5.74, 6) is -0.224. The number of hydrogen-bond donors (Lipinski definition) is 2. The molecule has 2 radical (unpaired) electrons. The minimum Gasteiger partial charge on any atom is -0.387 e. The predicted molar refractivity (Wildman–Crippen MR) is 95.0 cm³/mol. The first-order chi connectivity index (χ1) is 11.0. The van der Waals surface area contributed by atoms with Crippen LogP contribution in [0.3, 0.4) is 0 Å². The molecule has 0 bridgehead atoms. The number of halogens is 1. The van der Waals surface area contributed by atoms with Crippen molar-refractivity contribution in [3.05, 3.63) is 48.0 Å². The fourth-order valence-electron chi connectivity index (χ4n) is 1.78. The molecular weight excluding hydrogens is 306 g/mol. The van der Waals surface area contributed by atoms with Crippen molar-refractivity contribution < 1.29 is 14.6 Å². The number of aromatic nitrogens is 2. The molecule has 1 aromatic carbocycles. The van der Waals surface area contributed by atoms with Gasteiger partial charge in [-0.25, -0.2) is 4.39 Å². The summed E-state index contributed by atoms with van der Waals surface area (Å²) in [5, 5.41) is 22.4. The van der Waals surface area contributed by atoms with Gasteiger partial charge in [0.25, 0.3) is 0 Å². The van der Waals surface area contributed by atoms with Crippen LogP contribution in [0.15, 0.2) is 36.7 Å². The van der Waals surface area contributed by atoms with E-state index in [1.54, 1.807) is 52.2 Å². The lowest BCUT2D eigenvalue weighted by molar-refractivity contribution is -0.107. The zero-order valence-electron chi connectivity index (χ0n) is 15.0. The summed E-state index contributed by atoms with van der Waals surface area (Å²) in [7, 11) is 5.63. The predicted octanol–water partition coefficient (Wildman–Crippen LogP) is 2.34. The van der Waals surface area contributed by atoms with E-state index in [-0.39, 0.29) is 11.9 Å². The molecule has 24 heavy (non-hydrogen) atoms. The summed E-state index contributed by atoms with van der Waals surface area (Å²) >= 11 is 0. The summed E-state index contributed by atoms with van der Waals surface area (Å²) in [6, 6.07) is 6.59. The molecule has 0 fully saturated rings. The van der Waals surface area contributed by atoms with Crippen molar-refractivity contribution in [2.24, 2.45) is 0 Å². The first kappa shape index (κ1) is 20.4. The van der Waals surface area contributed by atoms with E-state index in [1.165, 1.54) is 12.1 Å². The third-order valence-corrected chi connectivity index (χ3v) is 4.08. The van der Waals surface area contributed by atoms with E-state index in [0.717, 1.165) is 12.0 Å². The number of rotatable bonds is 4. The molecule has 0 spiro atoms. The lowest BCUT2D eigenvalue weighted by Crippen LogP contribution is -2.44. The van der Waals surface area contributed by atoms with Crippen LogP contribution in [0.1, 0.15) is 52.6 Å². The Morgan fingerprint density at radius 2 is 1.62 bits per heavy atom. The summed E-state index contributed by atoms with van der Waals surface area (Å²) in [4.78, 5) is 0. The quantitative estimate of drug-likeness (QED) is 0.845. The summed E-state index contributed by atoms with van der Waals surface area (Å²) < 4.78 is 14.6. The molecule has 0 aliphatic rings. The van der Waals surface area contributed by atoms with E-state index in [0.29, 0.717) is 5.46 Å². The van der Waals surface area contributed by atoms with Crippen molar-refractivity contribution in [3.63, 3.8) is 0 Å². The highest BCUT2D eigenvalue weighted by molar-refractivity contribution is 6.31. The highest BCUT2D eigenvalue weighted by Gasteiger charge is 2.31. The van der Waals surface area contributed by atoms with E-state index in [4.69, 9.17) is 18.1 Å². The topological polar surface area (TPSA) is 58.3 Å². The Balaban J connectivity index is 0.000000307. The Kier molecular flexibility index (Phi) is 6.75. The molecule has 6 heteroatoms. The van der Waals surface area contributed by atoms with E-state index >= 15 is 0 Å². The Bertz CT molecular complexity index is 616. The average molecular weight is 332 g/mol. The third kappa shape index (κ3) is 5.76. The molecule has 0 aliphatic heterocycles. The Morgan fingerprint density at radius 3 is 1.96 bits per heavy atom. The molecule has 130 valence electrons. The fraction of sp³-hybridized carbons (Fsp3) is 0.500. The smallest absolute Gasteiger partial charge is 0.123 e. The van der Waals surface area contributed by atoms with Gasteiger partial charge >= 0.3 is 0 Å². The fourth-order valence-corrected chi connectivity index (χ4v) is 1.78. The molecule has 0 saturated carbocycles. The van der Waals surface area contributed by atoms with Crippen LogP contribution in [0, 0.1) is 5.82 Å². The van der Waals surface area contributed by atoms with Gasteiger partial charge in [-0.3, -0.25) is 4.68 Å². The molecule has 0 aliphatic carbocycles. The lowest BCUT2D eigenvalue weighted by atomic mass is 9.90. The molecule has 1 heterocycles. The van der Waals surface area contributed by atoms with Crippen molar-refractivity contribution in [3.8, 4) is 0 Å². The first-order valence-corrected chi connectivity index (χ1v) is 7.95. The van der Waals surface area contributed by atoms with Crippen LogP contribution in [-0.4, -0.2) is 39.0 Å². The lowest BCUT2D eigenvalue weighted by Gasteiger charge is -2.31. The third-order valence-electron chi connectivity index (χ3n) is 4.08. The second kappa shape index (κ2) is 7.95. The normalized spacial score (nSPS) is 13.2. The van der Waals surface area contributed by atoms with Crippen LogP contribution in [-0.2, 0) is 0 Å². The molecule has 2 aromatic rings. The van der Waals surface area contributed by atoms with E-state index in [2.05, 4.69) is 12.0 Å². The van der Waals surface area contributed by atoms with Crippen molar-refractivity contribution in [2.75, 3.05) is 0 Å². The van der Waals surface area contributed by atoms with Gasteiger partial charge in [-0.15, -0.1) is 0 Å². The monoisotopic (exact) mass is 332 g/mol. The van der Waals surface area contributed by atoms with Gasteiger partial charge in [-0.2, -0.15) is 5.10 Å². The Labute approximate surface area is 144 Å². The van der Waals surface area contributed by atoms with Crippen LogP contribution >= 0.6 is 0 Å². The molecule has 1 atom stereocenters. The van der Waals surface area contributed by atoms with Gasteiger partial charge < -0.3 is 10.2 Å². The van der Waals surface area contributed by atoms with Gasteiger partial charge in [-0.1, -0.05) is 24.5 Å². The highest BCUT2D eigenvalue weighted by Crippen LogP contribution is 2.20. The maximum Gasteiger partial charge on any atom is 0.123 e. The van der Waals surface area contributed by atoms with E-state index in [1.807, 2.05) is 4.68 Å². The van der Waals surface area contributed by atoms with Crippen molar-refractivity contribution in [1.29, 1.82) is 0 Å². The summed E-state index contributed by atoms with van der Waals surface area (Å²) in [6.45, 7) is 8.37. The average Bonchev–Trinajstić information content (AvgIpc) is 2.87. The van der Waals surface area contributed by atoms with Crippen molar-refractivity contribution >= 4 is 13.3 Å². The second-order valence-electron chi connectivity index (χ2n) is 6.85. The zero-order valence-corrected chi connectivity index (χ0v) is 15.0. The highest BCUT2D eigenvalue weighted by atomic mass is 19.1. The molecular formula is C18H26BFN2O2. The second-order valence-corrected chi connectivity index (χ2v) is 6.85. The SMILES string of the molecule is CC(C)(O)C(C)(C)O.[B]c1cnn(C(CC)c2ccc(F)cc2)c1. The van der Waals surface area contributed by atoms with Crippen LogP contribution in [0.4, 0.5) is 4.39 Å². The van der Waals surface area contributed by atoms with Crippen molar-refractivity contribution in [2.45, 2.75) is 58.3 Å². The maximum absolute atomic E-state index is 12.8. The number of nitrogens with zero attached hydrogens (tertiary/aromatic N) is 2. The summed E-state index contributed by atoms with van der Waals surface area (Å²) in [5.41, 5.74) is -0.340. The molecule has 0 saturated heterocycles. The van der Waals surface area contributed by atoms with Gasteiger partial charge in [0.05, 0.1) is 17.2 Å². The number of aliphatic hydroxyl groups is 2. The molecule has 1 aromatic heterocycles. The standard InChI is InChI=1S/C12H12BFN2.C6H14O2/c1-2-12(16-8-10(13)7-15-16)9-3-5-11(14)6-4-9;1-5(2,7)6(3,4)8/h3-8,12H,2H2,1H3;7-8H,1-4H3. The largest absolute Gasteiger partial charge is 0.387 e. The molecule has 2 N–H and O–H groups in total. The van der Waals surface area contributed by atoms with E-state index < -0.39 is 11.2 Å². The van der Waals surface area contributed by atoms with E-state index in [9.17, 15) is 4.39 Å². The van der Waals surface area contributed by atoms with Crippen LogP contribution in [0.2, 0.25) is 0 Å². The number of hydrogen-bond acceptors (Lipinski definition) is 3. The van der Waals surface area contributed by atoms with Gasteiger partial charge in [0.15, 0.2) is 0 Å². The van der Waals surface area contributed by atoms with Gasteiger partial charge in [-0.05, 0) is 51.8 Å². The molecule has 0 amide bonds. The molecule has 1 unspecified atom stereocenters. The minimum atomic E-state index is -1.01. The number of benzene rings is 1. The van der Waals surface area contributed by atoms with Gasteiger partial charge in [0.2, 0.25) is 0 Å². The van der Waals surface area contributed by atoms with Gasteiger partial charge in [0, 0.05) is 12.4 Å². The van der Waals surface area contributed by atoms with Crippen LogP contribution in [0.5, 0.6) is 0 Å². The van der Waals surface area contributed by atoms with Crippen molar-refractivity contribution in [1.82, 2.24) is 9.78 Å². The Hall–Kier alpha value is -1.66. The first-order valence-electron chi connectivity index (χ1n) is 7.95. The molecule has 2 rings (SSSR count).